The number of nitrogens with one attached hydrogen (secondary N) is 2. The van der Waals surface area contributed by atoms with Crippen LogP contribution in [0.5, 0.6) is 0 Å². The quantitative estimate of drug-likeness (QED) is 0.558. The zero-order chi connectivity index (χ0) is 18.5. The molecule has 0 saturated carbocycles. The van der Waals surface area contributed by atoms with Gasteiger partial charge in [-0.3, -0.25) is 10.1 Å². The summed E-state index contributed by atoms with van der Waals surface area (Å²) in [6, 6.07) is 13.0. The lowest BCUT2D eigenvalue weighted by molar-refractivity contribution is 0.0977. The number of halogens is 1. The summed E-state index contributed by atoms with van der Waals surface area (Å²) >= 11 is 12.6. The number of nitrogens with zero attached hydrogens (tertiary/aromatic N) is 1. The summed E-state index contributed by atoms with van der Waals surface area (Å²) in [5.41, 5.74) is 2.68. The van der Waals surface area contributed by atoms with Crippen molar-refractivity contribution >= 4 is 61.5 Å². The Morgan fingerprint density at radius 2 is 2.12 bits per heavy atom. The van der Waals surface area contributed by atoms with Crippen molar-refractivity contribution in [2.24, 2.45) is 0 Å². The zero-order valence-corrected chi connectivity index (χ0v) is 16.6. The molecule has 0 atom stereocenters. The van der Waals surface area contributed by atoms with E-state index in [2.05, 4.69) is 34.7 Å². The molecule has 3 rings (SSSR count). The number of amides is 1. The second-order valence-electron chi connectivity index (χ2n) is 5.84. The van der Waals surface area contributed by atoms with Crippen molar-refractivity contribution in [2.75, 3.05) is 5.32 Å². The molecule has 0 bridgehead atoms. The van der Waals surface area contributed by atoms with Gasteiger partial charge >= 0.3 is 0 Å². The van der Waals surface area contributed by atoms with Gasteiger partial charge in [0, 0.05) is 10.6 Å². The van der Waals surface area contributed by atoms with Crippen LogP contribution in [0.25, 0.3) is 10.2 Å². The van der Waals surface area contributed by atoms with E-state index in [9.17, 15) is 4.79 Å². The topological polar surface area (TPSA) is 54.0 Å². The molecule has 0 saturated heterocycles. The molecule has 0 aliphatic rings. The van der Waals surface area contributed by atoms with E-state index in [4.69, 9.17) is 23.8 Å². The third-order valence-corrected chi connectivity index (χ3v) is 5.18. The highest BCUT2D eigenvalue weighted by molar-refractivity contribution is 7.80. The number of carbonyl (C=O) groups is 1. The molecule has 0 fully saturated rings. The number of thiazole rings is 1. The van der Waals surface area contributed by atoms with Crippen LogP contribution in [0.15, 0.2) is 42.5 Å². The van der Waals surface area contributed by atoms with Crippen LogP contribution in [0.1, 0.15) is 35.7 Å². The normalized spacial score (nSPS) is 10.7. The van der Waals surface area contributed by atoms with Crippen molar-refractivity contribution in [1.29, 1.82) is 0 Å². The third kappa shape index (κ3) is 4.78. The van der Waals surface area contributed by atoms with Gasteiger partial charge in [-0.2, -0.15) is 0 Å². The average molecular weight is 404 g/mol. The van der Waals surface area contributed by atoms with Crippen molar-refractivity contribution in [3.8, 4) is 0 Å². The highest BCUT2D eigenvalue weighted by Gasteiger charge is 2.11. The van der Waals surface area contributed by atoms with E-state index in [1.807, 2.05) is 6.07 Å². The summed E-state index contributed by atoms with van der Waals surface area (Å²) in [6.07, 6.45) is 3.42. The van der Waals surface area contributed by atoms with Gasteiger partial charge in [-0.1, -0.05) is 48.4 Å². The highest BCUT2D eigenvalue weighted by atomic mass is 35.5. The molecule has 4 nitrogen and oxygen atoms in total. The van der Waals surface area contributed by atoms with Gasteiger partial charge in [0.25, 0.3) is 5.91 Å². The van der Waals surface area contributed by atoms with E-state index in [0.29, 0.717) is 15.7 Å². The number of fused-ring (bicyclic) bond motifs is 1. The summed E-state index contributed by atoms with van der Waals surface area (Å²) in [6.45, 7) is 2.19. The first-order valence-corrected chi connectivity index (χ1v) is 9.93. The van der Waals surface area contributed by atoms with E-state index in [-0.39, 0.29) is 11.0 Å². The molecule has 1 heterocycles. The van der Waals surface area contributed by atoms with Crippen LogP contribution < -0.4 is 10.6 Å². The number of hydrogen-bond donors (Lipinski definition) is 2. The summed E-state index contributed by atoms with van der Waals surface area (Å²) in [4.78, 5) is 16.7. The molecule has 0 aliphatic carbocycles. The fourth-order valence-electron chi connectivity index (χ4n) is 2.49. The van der Waals surface area contributed by atoms with E-state index < -0.39 is 0 Å². The van der Waals surface area contributed by atoms with E-state index in [1.54, 1.807) is 24.3 Å². The lowest BCUT2D eigenvalue weighted by atomic mass is 10.1. The molecular weight excluding hydrogens is 386 g/mol. The molecule has 1 aromatic heterocycles. The predicted molar refractivity (Wildman–Crippen MR) is 113 cm³/mol. The van der Waals surface area contributed by atoms with Gasteiger partial charge in [-0.15, -0.1) is 0 Å². The minimum atomic E-state index is -0.312. The lowest BCUT2D eigenvalue weighted by Gasteiger charge is -2.07. The molecule has 7 heteroatoms. The van der Waals surface area contributed by atoms with E-state index in [1.165, 1.54) is 29.7 Å². The molecule has 0 spiro atoms. The molecule has 0 aliphatic heterocycles. The Labute approximate surface area is 166 Å². The van der Waals surface area contributed by atoms with Crippen LogP contribution in [0, 0.1) is 0 Å². The maximum atomic E-state index is 12.2. The van der Waals surface area contributed by atoms with E-state index in [0.717, 1.165) is 16.6 Å². The smallest absolute Gasteiger partial charge is 0.257 e. The molecule has 3 aromatic rings. The molecule has 0 unspecified atom stereocenters. The Hall–Kier alpha value is -2.02. The summed E-state index contributed by atoms with van der Waals surface area (Å²) in [5, 5.41) is 6.99. The fourth-order valence-corrected chi connectivity index (χ4v) is 3.87. The van der Waals surface area contributed by atoms with Crippen molar-refractivity contribution in [1.82, 2.24) is 10.3 Å². The summed E-state index contributed by atoms with van der Waals surface area (Å²) < 4.78 is 1.10. The van der Waals surface area contributed by atoms with Crippen molar-refractivity contribution in [2.45, 2.75) is 26.2 Å². The maximum absolute atomic E-state index is 12.2. The number of unbranched alkanes of at least 4 members (excludes halogenated alkanes) is 1. The molecule has 0 radical (unpaired) electrons. The first-order valence-electron chi connectivity index (χ1n) is 8.32. The SMILES string of the molecule is CCCCc1ccc2nc(NC(=S)NC(=O)c3cccc(Cl)c3)sc2c1. The molecule has 134 valence electrons. The van der Waals surface area contributed by atoms with Gasteiger partial charge in [0.1, 0.15) is 0 Å². The van der Waals surface area contributed by atoms with Gasteiger partial charge in [-0.05, 0) is 61.0 Å². The largest absolute Gasteiger partial charge is 0.308 e. The summed E-state index contributed by atoms with van der Waals surface area (Å²) in [7, 11) is 0. The van der Waals surface area contributed by atoms with Gasteiger partial charge in [0.2, 0.25) is 0 Å². The highest BCUT2D eigenvalue weighted by Crippen LogP contribution is 2.27. The summed E-state index contributed by atoms with van der Waals surface area (Å²) in [5.74, 6) is -0.312. The maximum Gasteiger partial charge on any atom is 0.257 e. The zero-order valence-electron chi connectivity index (χ0n) is 14.2. The first-order chi connectivity index (χ1) is 12.5. The number of rotatable bonds is 5. The first kappa shape index (κ1) is 18.8. The van der Waals surface area contributed by atoms with Crippen LogP contribution in [0.3, 0.4) is 0 Å². The van der Waals surface area contributed by atoms with Gasteiger partial charge in [0.15, 0.2) is 10.2 Å². The Bertz CT molecular complexity index is 955. The van der Waals surface area contributed by atoms with Crippen LogP contribution in [0.4, 0.5) is 5.13 Å². The van der Waals surface area contributed by atoms with Gasteiger partial charge < -0.3 is 5.32 Å². The fraction of sp³-hybridized carbons (Fsp3) is 0.211. The Morgan fingerprint density at radius 3 is 2.88 bits per heavy atom. The number of carbonyl (C=O) groups excluding carboxylic acids is 1. The Kier molecular flexibility index (Phi) is 6.19. The Morgan fingerprint density at radius 1 is 1.27 bits per heavy atom. The number of benzene rings is 2. The standard InChI is InChI=1S/C19H18ClN3OS2/c1-2-3-5-12-8-9-15-16(10-12)26-19(21-15)23-18(25)22-17(24)13-6-4-7-14(20)11-13/h4,6-11H,2-3,5H2,1H3,(H2,21,22,23,24,25). The molecule has 2 N–H and O–H groups in total. The van der Waals surface area contributed by atoms with E-state index >= 15 is 0 Å². The predicted octanol–water partition coefficient (Wildman–Crippen LogP) is 5.42. The van der Waals surface area contributed by atoms with Crippen molar-refractivity contribution in [3.05, 3.63) is 58.6 Å². The van der Waals surface area contributed by atoms with Gasteiger partial charge in [-0.25, -0.2) is 4.98 Å². The molecule has 26 heavy (non-hydrogen) atoms. The minimum absolute atomic E-state index is 0.209. The second kappa shape index (κ2) is 8.58. The van der Waals surface area contributed by atoms with Crippen LogP contribution in [-0.4, -0.2) is 16.0 Å². The average Bonchev–Trinajstić information content (AvgIpc) is 3.01. The number of hydrogen-bond acceptors (Lipinski definition) is 4. The van der Waals surface area contributed by atoms with Crippen molar-refractivity contribution < 1.29 is 4.79 Å². The third-order valence-electron chi connectivity index (χ3n) is 3.81. The van der Waals surface area contributed by atoms with Crippen LogP contribution >= 0.6 is 35.2 Å². The minimum Gasteiger partial charge on any atom is -0.308 e. The molecule has 2 aromatic carbocycles. The number of anilines is 1. The number of aryl methyl sites for hydroxylation is 1. The molecular formula is C19H18ClN3OS2. The molecule has 1 amide bonds. The number of aromatic nitrogens is 1. The second-order valence-corrected chi connectivity index (χ2v) is 7.72. The van der Waals surface area contributed by atoms with Crippen LogP contribution in [-0.2, 0) is 6.42 Å². The van der Waals surface area contributed by atoms with Crippen LogP contribution in [0.2, 0.25) is 5.02 Å². The van der Waals surface area contributed by atoms with Crippen molar-refractivity contribution in [3.63, 3.8) is 0 Å². The Balaban J connectivity index is 1.66. The van der Waals surface area contributed by atoms with Gasteiger partial charge in [0.05, 0.1) is 10.2 Å². The number of thiocarbonyl (C=S) groups is 1. The lowest BCUT2D eigenvalue weighted by Crippen LogP contribution is -2.34. The monoisotopic (exact) mass is 403 g/mol.